The van der Waals surface area contributed by atoms with E-state index in [2.05, 4.69) is 27.8 Å². The summed E-state index contributed by atoms with van der Waals surface area (Å²) in [4.78, 5) is 0. The number of likely N-dealkylation sites (N-methyl/N-ethyl adjacent to an activating group) is 1. The molecule has 0 saturated heterocycles. The van der Waals surface area contributed by atoms with E-state index < -0.39 is 28.5 Å². The number of nitrogens with zero attached hydrogens (tertiary/aromatic N) is 1. The minimum atomic E-state index is -3.67. The molecule has 178 valence electrons. The third kappa shape index (κ3) is 20.3. The molecule has 8 heteroatoms. The summed E-state index contributed by atoms with van der Waals surface area (Å²) >= 11 is -2.00. The Kier molecular flexibility index (Phi) is 19.9. The quantitative estimate of drug-likeness (QED) is 0.145. The Morgan fingerprint density at radius 3 is 1.31 bits per heavy atom. The normalized spacial score (nSPS) is 12.6. The van der Waals surface area contributed by atoms with Crippen LogP contribution < -0.4 is 0 Å². The van der Waals surface area contributed by atoms with Gasteiger partial charge in [-0.05, 0) is 0 Å². The molecule has 0 fully saturated rings. The Labute approximate surface area is 185 Å². The van der Waals surface area contributed by atoms with Crippen LogP contribution in [-0.4, -0.2) is 92.2 Å². The van der Waals surface area contributed by atoms with Crippen LogP contribution in [-0.2, 0) is 10.1 Å². The molecule has 0 radical (unpaired) electrons. The van der Waals surface area contributed by atoms with Crippen molar-refractivity contribution < 1.29 is 27.7 Å². The van der Waals surface area contributed by atoms with Crippen molar-refractivity contribution in [1.29, 1.82) is 0 Å². The van der Waals surface area contributed by atoms with Gasteiger partial charge in [-0.2, -0.15) is 8.42 Å². The summed E-state index contributed by atoms with van der Waals surface area (Å²) in [6.45, 7) is 10.2. The average molecular weight is 547 g/mol. The van der Waals surface area contributed by atoms with Crippen molar-refractivity contribution in [2.24, 2.45) is 0 Å². The monoisotopic (exact) mass is 548 g/mol. The number of hydrogen-bond donors (Lipinski definition) is 3. The van der Waals surface area contributed by atoms with Crippen LogP contribution in [0.4, 0.5) is 0 Å². The van der Waals surface area contributed by atoms with E-state index in [1.807, 2.05) is 0 Å². The largest absolute Gasteiger partial charge is 0.286 e. The van der Waals surface area contributed by atoms with Gasteiger partial charge in [0.05, 0.1) is 6.26 Å². The van der Waals surface area contributed by atoms with Crippen LogP contribution in [0.2, 0.25) is 17.7 Å². The van der Waals surface area contributed by atoms with E-state index in [9.17, 15) is 18.6 Å². The van der Waals surface area contributed by atoms with E-state index in [4.69, 9.17) is 4.55 Å². The molecule has 0 aromatic rings. The van der Waals surface area contributed by atoms with Gasteiger partial charge < -0.3 is 0 Å². The van der Waals surface area contributed by atoms with Crippen LogP contribution in [0.15, 0.2) is 0 Å². The number of unbranched alkanes of at least 4 members (excludes halogenated alkanes) is 3. The Morgan fingerprint density at radius 2 is 1.03 bits per heavy atom. The number of hydrogen-bond acceptors (Lipinski definition) is 4. The molecule has 0 aliphatic rings. The topological polar surface area (TPSA) is 94.8 Å². The molecule has 29 heavy (non-hydrogen) atoms. The maximum atomic E-state index is 9.35. The van der Waals surface area contributed by atoms with E-state index >= 15 is 0 Å². The zero-order chi connectivity index (χ0) is 22.8. The molecule has 0 atom stereocenters. The van der Waals surface area contributed by atoms with Gasteiger partial charge in [-0.1, -0.05) is 0 Å². The molecule has 0 saturated carbocycles. The number of rotatable bonds is 17. The molecule has 0 spiro atoms. The SMILES string of the molecule is CCC[CH2][Sn]([CH2]CCC)([CH2]CCC)[CH2]CC[N+](C)(CCO)CCO.CS(=O)(=O)O. The molecule has 0 bridgehead atoms. The van der Waals surface area contributed by atoms with Gasteiger partial charge in [0.2, 0.25) is 0 Å². The minimum absolute atomic E-state index is 0.229. The number of aliphatic hydroxyl groups excluding tert-OH is 2. The summed E-state index contributed by atoms with van der Waals surface area (Å²) in [5.74, 6) is 0. The summed E-state index contributed by atoms with van der Waals surface area (Å²) in [5.41, 5.74) is 0. The predicted molar refractivity (Wildman–Crippen MR) is 127 cm³/mol. The molecule has 0 unspecified atom stereocenters. The van der Waals surface area contributed by atoms with Crippen molar-refractivity contribution in [3.8, 4) is 0 Å². The molecule has 0 rings (SSSR count). The second-order valence-corrected chi connectivity index (χ2v) is 24.6. The third-order valence-electron chi connectivity index (χ3n) is 5.87. The van der Waals surface area contributed by atoms with Crippen LogP contribution in [0, 0.1) is 0 Å². The molecule has 0 aromatic heterocycles. The van der Waals surface area contributed by atoms with Crippen molar-refractivity contribution in [3.05, 3.63) is 0 Å². The van der Waals surface area contributed by atoms with Gasteiger partial charge in [0.25, 0.3) is 10.1 Å². The molecular formula is C21H50NO5SSn+. The summed E-state index contributed by atoms with van der Waals surface area (Å²) in [6, 6.07) is 0. The fourth-order valence-corrected chi connectivity index (χ4v) is 20.4. The maximum absolute atomic E-state index is 9.35. The Morgan fingerprint density at radius 1 is 0.724 bits per heavy atom. The molecule has 6 nitrogen and oxygen atoms in total. The van der Waals surface area contributed by atoms with E-state index in [-0.39, 0.29) is 13.2 Å². The Hall–Kier alpha value is 0.589. The van der Waals surface area contributed by atoms with Crippen LogP contribution in [0.3, 0.4) is 0 Å². The fraction of sp³-hybridized carbons (Fsp3) is 1.00. The van der Waals surface area contributed by atoms with Crippen molar-refractivity contribution >= 4 is 28.5 Å². The van der Waals surface area contributed by atoms with E-state index in [0.717, 1.165) is 24.1 Å². The van der Waals surface area contributed by atoms with Crippen molar-refractivity contribution in [3.63, 3.8) is 0 Å². The summed E-state index contributed by atoms with van der Waals surface area (Å²) in [5, 5.41) is 18.7. The van der Waals surface area contributed by atoms with Crippen LogP contribution >= 0.6 is 0 Å². The van der Waals surface area contributed by atoms with Gasteiger partial charge >= 0.3 is 156 Å². The zero-order valence-electron chi connectivity index (χ0n) is 19.8. The second kappa shape index (κ2) is 18.2. The summed E-state index contributed by atoms with van der Waals surface area (Å²) in [7, 11) is -1.46. The van der Waals surface area contributed by atoms with Crippen molar-refractivity contribution in [1.82, 2.24) is 0 Å². The summed E-state index contributed by atoms with van der Waals surface area (Å²) in [6.07, 6.45) is 10.4. The first-order valence-corrected chi connectivity index (χ1v) is 21.4. The molecule has 0 amide bonds. The first-order chi connectivity index (χ1) is 13.5. The van der Waals surface area contributed by atoms with Crippen LogP contribution in [0.25, 0.3) is 0 Å². The van der Waals surface area contributed by atoms with Gasteiger partial charge in [-0.25, -0.2) is 0 Å². The minimum Gasteiger partial charge on any atom is -0.286 e. The van der Waals surface area contributed by atoms with E-state index in [1.54, 1.807) is 13.3 Å². The first kappa shape index (κ1) is 31.8. The molecule has 3 N–H and O–H groups in total. The Balaban J connectivity index is 0. The molecule has 0 aliphatic heterocycles. The molecule has 0 aliphatic carbocycles. The van der Waals surface area contributed by atoms with E-state index in [1.165, 1.54) is 49.4 Å². The standard InChI is InChI=1S/C8H19NO2.3C4H9.CH4O3S.Sn/c1-3-4-9(2,5-7-10)6-8-11;3*1-3-4-2;1-5(2,3)4;/h10-11H,1,3-8H2,2H3;3*1,3-4H2,2H3;1H3,(H,2,3,4);/q+1;;;;;. The van der Waals surface area contributed by atoms with Crippen molar-refractivity contribution in [2.75, 3.05) is 46.2 Å². The van der Waals surface area contributed by atoms with Gasteiger partial charge in [-0.15, -0.1) is 0 Å². The van der Waals surface area contributed by atoms with Gasteiger partial charge in [0.15, 0.2) is 0 Å². The van der Waals surface area contributed by atoms with Crippen LogP contribution in [0.1, 0.15) is 65.7 Å². The van der Waals surface area contributed by atoms with E-state index in [0.29, 0.717) is 6.26 Å². The van der Waals surface area contributed by atoms with Gasteiger partial charge in [0.1, 0.15) is 0 Å². The first-order valence-electron chi connectivity index (χ1n) is 11.5. The summed E-state index contributed by atoms with van der Waals surface area (Å²) < 4.78 is 33.0. The zero-order valence-corrected chi connectivity index (χ0v) is 23.5. The van der Waals surface area contributed by atoms with Crippen molar-refractivity contribution in [2.45, 2.75) is 83.5 Å². The second-order valence-electron chi connectivity index (χ2n) is 8.88. The predicted octanol–water partition coefficient (Wildman–Crippen LogP) is 4.16. The molecule has 0 heterocycles. The fourth-order valence-electron chi connectivity index (χ4n) is 4.06. The number of quaternary nitrogens is 1. The maximum Gasteiger partial charge on any atom is 0.261 e. The average Bonchev–Trinajstić information content (AvgIpc) is 2.61. The Bertz CT molecular complexity index is 438. The number of aliphatic hydroxyl groups is 2. The van der Waals surface area contributed by atoms with Crippen LogP contribution in [0.5, 0.6) is 0 Å². The van der Waals surface area contributed by atoms with Gasteiger partial charge in [0, 0.05) is 0 Å². The molecular weight excluding hydrogens is 497 g/mol. The smallest absolute Gasteiger partial charge is 0.261 e. The van der Waals surface area contributed by atoms with Gasteiger partial charge in [-0.3, -0.25) is 4.55 Å². The molecule has 0 aromatic carbocycles. The third-order valence-corrected chi connectivity index (χ3v) is 22.0.